The van der Waals surface area contributed by atoms with Crippen molar-refractivity contribution in [3.8, 4) is 11.4 Å². The summed E-state index contributed by atoms with van der Waals surface area (Å²) in [5.74, 6) is 1.97. The molecule has 0 radical (unpaired) electrons. The first-order valence-corrected chi connectivity index (χ1v) is 11.0. The molecule has 1 fully saturated rings. The van der Waals surface area contributed by atoms with E-state index in [4.69, 9.17) is 4.98 Å². The number of aromatic nitrogens is 2. The monoisotopic (exact) mass is 420 g/mol. The molecule has 0 bridgehead atoms. The molecule has 5 rings (SSSR count). The van der Waals surface area contributed by atoms with E-state index in [2.05, 4.69) is 75.2 Å². The van der Waals surface area contributed by atoms with Crippen LogP contribution in [0.15, 0.2) is 65.4 Å². The number of hydrogen-bond acceptors (Lipinski definition) is 1. The third kappa shape index (κ3) is 2.79. The summed E-state index contributed by atoms with van der Waals surface area (Å²) in [7, 11) is 0. The quantitative estimate of drug-likeness (QED) is 0.454. The van der Waals surface area contributed by atoms with Crippen LogP contribution in [0, 0.1) is 5.92 Å². The standard InChI is InChI=1S/C24H25BrN2/c25-20-12-10-19(11-13-20)24(15-14-18-6-2-1-3-7-18)22-9-5-4-8-21(22)23-26-16-17-27(23)24/h4-5,8-13,16-18H,1-3,6-7,14-15H2. The largest absolute Gasteiger partial charge is 0.317 e. The molecule has 27 heavy (non-hydrogen) atoms. The SMILES string of the molecule is Brc1ccc(C2(CCC3CCCCC3)c3ccccc3-c3nccn32)cc1. The van der Waals surface area contributed by atoms with E-state index in [0.29, 0.717) is 0 Å². The Morgan fingerprint density at radius 3 is 2.59 bits per heavy atom. The molecule has 2 nitrogen and oxygen atoms in total. The van der Waals surface area contributed by atoms with E-state index in [-0.39, 0.29) is 5.54 Å². The number of halogens is 1. The fraction of sp³-hybridized carbons (Fsp3) is 0.375. The van der Waals surface area contributed by atoms with Gasteiger partial charge in [-0.05, 0) is 42.0 Å². The minimum atomic E-state index is -0.138. The van der Waals surface area contributed by atoms with Crippen molar-refractivity contribution in [3.05, 3.63) is 76.5 Å². The highest BCUT2D eigenvalue weighted by atomic mass is 79.9. The third-order valence-corrected chi connectivity index (χ3v) is 7.16. The summed E-state index contributed by atoms with van der Waals surface area (Å²) < 4.78 is 3.56. The normalized spacial score (nSPS) is 21.8. The molecule has 0 spiro atoms. The topological polar surface area (TPSA) is 17.8 Å². The van der Waals surface area contributed by atoms with Crippen LogP contribution in [0.1, 0.15) is 56.1 Å². The molecule has 1 saturated carbocycles. The minimum absolute atomic E-state index is 0.138. The van der Waals surface area contributed by atoms with Gasteiger partial charge in [-0.3, -0.25) is 0 Å². The Balaban J connectivity index is 1.64. The Kier molecular flexibility index (Phi) is 4.43. The zero-order valence-electron chi connectivity index (χ0n) is 15.6. The van der Waals surface area contributed by atoms with E-state index in [0.717, 1.165) is 22.6 Å². The fourth-order valence-electron chi connectivity index (χ4n) is 5.29. The van der Waals surface area contributed by atoms with Gasteiger partial charge in [0.15, 0.2) is 0 Å². The first kappa shape index (κ1) is 17.2. The molecule has 2 heterocycles. The molecule has 0 amide bonds. The highest BCUT2D eigenvalue weighted by Gasteiger charge is 2.44. The van der Waals surface area contributed by atoms with Crippen LogP contribution in [-0.2, 0) is 5.54 Å². The summed E-state index contributed by atoms with van der Waals surface area (Å²) in [6.45, 7) is 0. The molecule has 3 aromatic rings. The molecule has 1 aliphatic heterocycles. The van der Waals surface area contributed by atoms with Crippen molar-refractivity contribution in [2.24, 2.45) is 5.92 Å². The fourth-order valence-corrected chi connectivity index (χ4v) is 5.55. The van der Waals surface area contributed by atoms with E-state index >= 15 is 0 Å². The van der Waals surface area contributed by atoms with Crippen molar-refractivity contribution in [3.63, 3.8) is 0 Å². The summed E-state index contributed by atoms with van der Waals surface area (Å²) >= 11 is 3.61. The lowest BCUT2D eigenvalue weighted by Gasteiger charge is -2.35. The van der Waals surface area contributed by atoms with Crippen LogP contribution >= 0.6 is 15.9 Å². The smallest absolute Gasteiger partial charge is 0.141 e. The molecule has 1 atom stereocenters. The first-order valence-electron chi connectivity index (χ1n) is 10.2. The maximum Gasteiger partial charge on any atom is 0.141 e. The van der Waals surface area contributed by atoms with Crippen LogP contribution in [0.25, 0.3) is 11.4 Å². The van der Waals surface area contributed by atoms with Crippen LogP contribution < -0.4 is 0 Å². The van der Waals surface area contributed by atoms with Crippen molar-refractivity contribution < 1.29 is 0 Å². The molecule has 2 aromatic carbocycles. The predicted octanol–water partition coefficient (Wildman–Crippen LogP) is 6.78. The Labute approximate surface area is 169 Å². The minimum Gasteiger partial charge on any atom is -0.317 e. The molecule has 2 aliphatic rings. The van der Waals surface area contributed by atoms with Gasteiger partial charge in [0.1, 0.15) is 5.82 Å². The lowest BCUT2D eigenvalue weighted by Crippen LogP contribution is -2.33. The lowest BCUT2D eigenvalue weighted by atomic mass is 9.75. The number of benzene rings is 2. The van der Waals surface area contributed by atoms with Crippen LogP contribution in [0.2, 0.25) is 0 Å². The van der Waals surface area contributed by atoms with Crippen molar-refractivity contribution in [2.75, 3.05) is 0 Å². The van der Waals surface area contributed by atoms with Crippen LogP contribution in [0.5, 0.6) is 0 Å². The van der Waals surface area contributed by atoms with Gasteiger partial charge in [0, 0.05) is 22.4 Å². The molecule has 1 aromatic heterocycles. The van der Waals surface area contributed by atoms with Gasteiger partial charge in [0.2, 0.25) is 0 Å². The molecule has 1 unspecified atom stereocenters. The van der Waals surface area contributed by atoms with Crippen molar-refractivity contribution >= 4 is 15.9 Å². The second kappa shape index (κ2) is 6.94. The summed E-state index contributed by atoms with van der Waals surface area (Å²) in [4.78, 5) is 4.72. The molecule has 1 aliphatic carbocycles. The van der Waals surface area contributed by atoms with Crippen LogP contribution in [0.4, 0.5) is 0 Å². The maximum atomic E-state index is 4.72. The van der Waals surface area contributed by atoms with Crippen LogP contribution in [-0.4, -0.2) is 9.55 Å². The molecule has 3 heteroatoms. The Bertz CT molecular complexity index is 937. The van der Waals surface area contributed by atoms with E-state index in [9.17, 15) is 0 Å². The van der Waals surface area contributed by atoms with Crippen molar-refractivity contribution in [1.82, 2.24) is 9.55 Å². The third-order valence-electron chi connectivity index (χ3n) is 6.63. The van der Waals surface area contributed by atoms with Crippen molar-refractivity contribution in [1.29, 1.82) is 0 Å². The molecular weight excluding hydrogens is 396 g/mol. The molecular formula is C24H25BrN2. The Hall–Kier alpha value is -1.87. The Morgan fingerprint density at radius 1 is 1.00 bits per heavy atom. The van der Waals surface area contributed by atoms with Gasteiger partial charge in [0.25, 0.3) is 0 Å². The summed E-state index contributed by atoms with van der Waals surface area (Å²) in [5, 5.41) is 0. The van der Waals surface area contributed by atoms with Gasteiger partial charge in [-0.2, -0.15) is 0 Å². The average Bonchev–Trinajstić information content (AvgIpc) is 3.29. The van der Waals surface area contributed by atoms with Crippen LogP contribution in [0.3, 0.4) is 0 Å². The Morgan fingerprint density at radius 2 is 1.78 bits per heavy atom. The second-order valence-electron chi connectivity index (χ2n) is 8.08. The summed E-state index contributed by atoms with van der Waals surface area (Å²) in [6.07, 6.45) is 13.6. The van der Waals surface area contributed by atoms with Gasteiger partial charge in [-0.25, -0.2) is 4.98 Å². The predicted molar refractivity (Wildman–Crippen MR) is 114 cm³/mol. The number of fused-ring (bicyclic) bond motifs is 3. The summed E-state index contributed by atoms with van der Waals surface area (Å²) in [6, 6.07) is 17.8. The maximum absolute atomic E-state index is 4.72. The molecule has 138 valence electrons. The number of rotatable bonds is 4. The number of hydrogen-bond donors (Lipinski definition) is 0. The first-order chi connectivity index (χ1) is 13.3. The van der Waals surface area contributed by atoms with Crippen molar-refractivity contribution in [2.45, 2.75) is 50.5 Å². The van der Waals surface area contributed by atoms with Gasteiger partial charge in [-0.1, -0.05) is 84.4 Å². The van der Waals surface area contributed by atoms with E-state index in [1.54, 1.807) is 0 Å². The highest BCUT2D eigenvalue weighted by molar-refractivity contribution is 9.10. The van der Waals surface area contributed by atoms with Gasteiger partial charge >= 0.3 is 0 Å². The van der Waals surface area contributed by atoms with E-state index < -0.39 is 0 Å². The lowest BCUT2D eigenvalue weighted by molar-refractivity contribution is 0.292. The van der Waals surface area contributed by atoms with Gasteiger partial charge in [-0.15, -0.1) is 0 Å². The molecule has 0 saturated heterocycles. The zero-order valence-corrected chi connectivity index (χ0v) is 17.2. The highest BCUT2D eigenvalue weighted by Crippen LogP contribution is 2.50. The number of imidazole rings is 1. The zero-order chi connectivity index (χ0) is 18.3. The second-order valence-corrected chi connectivity index (χ2v) is 8.99. The average molecular weight is 421 g/mol. The number of nitrogens with zero attached hydrogens (tertiary/aromatic N) is 2. The summed E-state index contributed by atoms with van der Waals surface area (Å²) in [5.41, 5.74) is 3.92. The molecule has 0 N–H and O–H groups in total. The van der Waals surface area contributed by atoms with Gasteiger partial charge < -0.3 is 4.57 Å². The van der Waals surface area contributed by atoms with Gasteiger partial charge in [0.05, 0.1) is 5.54 Å². The van der Waals surface area contributed by atoms with E-state index in [1.165, 1.54) is 55.2 Å². The van der Waals surface area contributed by atoms with E-state index in [1.807, 2.05) is 6.20 Å².